The second-order valence-corrected chi connectivity index (χ2v) is 5.04. The maximum absolute atomic E-state index is 12.0. The van der Waals surface area contributed by atoms with E-state index in [1.807, 2.05) is 32.2 Å². The molecule has 3 aromatic rings. The first-order chi connectivity index (χ1) is 10.6. The zero-order chi connectivity index (χ0) is 15.5. The van der Waals surface area contributed by atoms with Crippen LogP contribution in [0, 0.1) is 6.92 Å². The summed E-state index contributed by atoms with van der Waals surface area (Å²) in [5.41, 5.74) is 4.05. The summed E-state index contributed by atoms with van der Waals surface area (Å²) < 4.78 is 6.71. The highest BCUT2D eigenvalue weighted by Gasteiger charge is 2.10. The molecule has 0 spiro atoms. The first kappa shape index (κ1) is 14.1. The first-order valence-corrected chi connectivity index (χ1v) is 6.90. The van der Waals surface area contributed by atoms with E-state index in [-0.39, 0.29) is 5.91 Å². The molecule has 3 heterocycles. The molecule has 0 aliphatic carbocycles. The summed E-state index contributed by atoms with van der Waals surface area (Å²) in [5.74, 6) is -0.192. The van der Waals surface area contributed by atoms with Gasteiger partial charge in [0, 0.05) is 31.0 Å². The maximum Gasteiger partial charge on any atom is 0.272 e. The molecular weight excluding hydrogens is 280 g/mol. The van der Waals surface area contributed by atoms with Gasteiger partial charge in [0.15, 0.2) is 0 Å². The van der Waals surface area contributed by atoms with Crippen molar-refractivity contribution in [1.82, 2.24) is 20.1 Å². The highest BCUT2D eigenvalue weighted by Crippen LogP contribution is 2.17. The summed E-state index contributed by atoms with van der Waals surface area (Å²) in [6, 6.07) is 7.44. The molecule has 6 nitrogen and oxygen atoms in total. The van der Waals surface area contributed by atoms with E-state index in [2.05, 4.69) is 15.4 Å². The van der Waals surface area contributed by atoms with E-state index < -0.39 is 0 Å². The predicted molar refractivity (Wildman–Crippen MR) is 81.1 cm³/mol. The number of nitrogens with zero attached hydrogens (tertiary/aromatic N) is 3. The molecule has 22 heavy (non-hydrogen) atoms. The molecule has 0 unspecified atom stereocenters. The third-order valence-electron chi connectivity index (χ3n) is 3.44. The van der Waals surface area contributed by atoms with Crippen molar-refractivity contribution in [2.75, 3.05) is 0 Å². The van der Waals surface area contributed by atoms with Crippen molar-refractivity contribution in [3.63, 3.8) is 0 Å². The Morgan fingerprint density at radius 2 is 2.23 bits per heavy atom. The van der Waals surface area contributed by atoms with Crippen LogP contribution >= 0.6 is 0 Å². The summed E-state index contributed by atoms with van der Waals surface area (Å²) in [6.45, 7) is 2.31. The molecule has 112 valence electrons. The summed E-state index contributed by atoms with van der Waals surface area (Å²) in [4.78, 5) is 16.4. The summed E-state index contributed by atoms with van der Waals surface area (Å²) >= 11 is 0. The third-order valence-corrected chi connectivity index (χ3v) is 3.44. The topological polar surface area (TPSA) is 73.0 Å². The Labute approximate surface area is 127 Å². The Bertz CT molecular complexity index is 754. The molecule has 1 N–H and O–H groups in total. The van der Waals surface area contributed by atoms with Gasteiger partial charge in [-0.1, -0.05) is 6.07 Å². The van der Waals surface area contributed by atoms with Crippen LogP contribution in [0.1, 0.15) is 21.7 Å². The summed E-state index contributed by atoms with van der Waals surface area (Å²) in [6.07, 6.45) is 5.00. The van der Waals surface area contributed by atoms with Crippen molar-refractivity contribution in [3.8, 4) is 11.3 Å². The number of carbonyl (C=O) groups excluding carboxylic acids is 1. The van der Waals surface area contributed by atoms with Crippen LogP contribution in [0.4, 0.5) is 0 Å². The molecular formula is C16H16N4O2. The third kappa shape index (κ3) is 2.90. The minimum absolute atomic E-state index is 0.192. The minimum Gasteiger partial charge on any atom is -0.472 e. The zero-order valence-corrected chi connectivity index (χ0v) is 12.4. The lowest BCUT2D eigenvalue weighted by Gasteiger charge is -2.04. The van der Waals surface area contributed by atoms with Gasteiger partial charge in [-0.25, -0.2) is 0 Å². The number of carbonyl (C=O) groups is 1. The molecule has 3 aromatic heterocycles. The number of rotatable bonds is 4. The number of aromatic nitrogens is 3. The highest BCUT2D eigenvalue weighted by molar-refractivity contribution is 5.92. The fourth-order valence-corrected chi connectivity index (χ4v) is 2.05. The number of amides is 1. The molecule has 0 atom stereocenters. The molecule has 0 aliphatic rings. The molecule has 0 bridgehead atoms. The summed E-state index contributed by atoms with van der Waals surface area (Å²) in [7, 11) is 1.81. The molecule has 1 amide bonds. The van der Waals surface area contributed by atoms with Crippen molar-refractivity contribution in [2.24, 2.45) is 7.05 Å². The van der Waals surface area contributed by atoms with E-state index in [4.69, 9.17) is 4.42 Å². The smallest absolute Gasteiger partial charge is 0.272 e. The second kappa shape index (κ2) is 5.85. The van der Waals surface area contributed by atoms with Crippen molar-refractivity contribution in [2.45, 2.75) is 13.5 Å². The minimum atomic E-state index is -0.192. The van der Waals surface area contributed by atoms with Crippen molar-refractivity contribution >= 4 is 5.91 Å². The Hall–Kier alpha value is -2.89. The number of aryl methyl sites for hydroxylation is 2. The summed E-state index contributed by atoms with van der Waals surface area (Å²) in [5, 5.41) is 6.99. The van der Waals surface area contributed by atoms with Crippen LogP contribution in [0.5, 0.6) is 0 Å². The predicted octanol–water partition coefficient (Wildman–Crippen LogP) is 2.31. The molecule has 0 aromatic carbocycles. The van der Waals surface area contributed by atoms with Gasteiger partial charge in [0.25, 0.3) is 5.91 Å². The lowest BCUT2D eigenvalue weighted by Crippen LogP contribution is -2.23. The highest BCUT2D eigenvalue weighted by atomic mass is 16.3. The number of pyridine rings is 1. The Kier molecular flexibility index (Phi) is 3.74. The van der Waals surface area contributed by atoms with Gasteiger partial charge in [-0.15, -0.1) is 0 Å². The molecule has 0 fully saturated rings. The SMILES string of the molecule is Cc1cc(C(=O)NCc2ccc(-c3ccoc3)nc2)nn1C. The van der Waals surface area contributed by atoms with Gasteiger partial charge in [0.1, 0.15) is 5.69 Å². The normalized spacial score (nSPS) is 10.6. The molecule has 0 saturated carbocycles. The Balaban J connectivity index is 1.63. The Morgan fingerprint density at radius 1 is 1.36 bits per heavy atom. The van der Waals surface area contributed by atoms with E-state index in [1.54, 1.807) is 29.5 Å². The standard InChI is InChI=1S/C16H16N4O2/c1-11-7-15(19-20(11)2)16(21)18-9-12-3-4-14(17-8-12)13-5-6-22-10-13/h3-8,10H,9H2,1-2H3,(H,18,21). The van der Waals surface area contributed by atoms with Crippen molar-refractivity contribution in [3.05, 3.63) is 59.9 Å². The largest absolute Gasteiger partial charge is 0.472 e. The maximum atomic E-state index is 12.0. The second-order valence-electron chi connectivity index (χ2n) is 5.04. The fourth-order valence-electron chi connectivity index (χ4n) is 2.05. The van der Waals surface area contributed by atoms with Crippen LogP contribution in [0.2, 0.25) is 0 Å². The number of nitrogens with one attached hydrogen (secondary N) is 1. The number of furan rings is 1. The van der Waals surface area contributed by atoms with Crippen molar-refractivity contribution < 1.29 is 9.21 Å². The van der Waals surface area contributed by atoms with Crippen LogP contribution in [0.25, 0.3) is 11.3 Å². The van der Waals surface area contributed by atoms with E-state index >= 15 is 0 Å². The van der Waals surface area contributed by atoms with Crippen LogP contribution in [0.15, 0.2) is 47.4 Å². The Morgan fingerprint density at radius 3 is 2.82 bits per heavy atom. The van der Waals surface area contributed by atoms with Crippen LogP contribution in [-0.4, -0.2) is 20.7 Å². The van der Waals surface area contributed by atoms with E-state index in [1.165, 1.54) is 0 Å². The van der Waals surface area contributed by atoms with E-state index in [0.29, 0.717) is 12.2 Å². The fraction of sp³-hybridized carbons (Fsp3) is 0.188. The van der Waals surface area contributed by atoms with Gasteiger partial charge in [-0.05, 0) is 30.7 Å². The average Bonchev–Trinajstić information content (AvgIpc) is 3.16. The molecule has 0 saturated heterocycles. The number of hydrogen-bond donors (Lipinski definition) is 1. The van der Waals surface area contributed by atoms with Crippen LogP contribution in [-0.2, 0) is 13.6 Å². The molecule has 3 rings (SSSR count). The van der Waals surface area contributed by atoms with E-state index in [9.17, 15) is 4.79 Å². The zero-order valence-electron chi connectivity index (χ0n) is 12.4. The molecule has 0 aliphatic heterocycles. The molecule has 6 heteroatoms. The van der Waals surface area contributed by atoms with Gasteiger partial charge in [-0.2, -0.15) is 5.10 Å². The quantitative estimate of drug-likeness (QED) is 0.802. The first-order valence-electron chi connectivity index (χ1n) is 6.90. The lowest BCUT2D eigenvalue weighted by atomic mass is 10.2. The monoisotopic (exact) mass is 296 g/mol. The van der Waals surface area contributed by atoms with Gasteiger partial charge in [0.2, 0.25) is 0 Å². The lowest BCUT2D eigenvalue weighted by molar-refractivity contribution is 0.0945. The van der Waals surface area contributed by atoms with Gasteiger partial charge < -0.3 is 9.73 Å². The van der Waals surface area contributed by atoms with Crippen molar-refractivity contribution in [1.29, 1.82) is 0 Å². The van der Waals surface area contributed by atoms with Crippen LogP contribution in [0.3, 0.4) is 0 Å². The molecule has 0 radical (unpaired) electrons. The van der Waals surface area contributed by atoms with Gasteiger partial charge in [0.05, 0.1) is 18.2 Å². The average molecular weight is 296 g/mol. The van der Waals surface area contributed by atoms with Crippen LogP contribution < -0.4 is 5.32 Å². The van der Waals surface area contributed by atoms with Gasteiger partial charge >= 0.3 is 0 Å². The van der Waals surface area contributed by atoms with Gasteiger partial charge in [-0.3, -0.25) is 14.5 Å². The number of hydrogen-bond acceptors (Lipinski definition) is 4. The van der Waals surface area contributed by atoms with E-state index in [0.717, 1.165) is 22.5 Å².